The van der Waals surface area contributed by atoms with E-state index in [0.29, 0.717) is 6.42 Å². The first-order valence-corrected chi connectivity index (χ1v) is 6.59. The summed E-state index contributed by atoms with van der Waals surface area (Å²) in [5.74, 6) is 1.57. The van der Waals surface area contributed by atoms with Crippen LogP contribution in [0.1, 0.15) is 12.8 Å². The van der Waals surface area contributed by atoms with E-state index in [-0.39, 0.29) is 6.10 Å². The molecule has 2 aliphatic rings. The predicted molar refractivity (Wildman–Crippen MR) is 59.3 cm³/mol. The molecule has 4 nitrogen and oxygen atoms in total. The van der Waals surface area contributed by atoms with Crippen LogP contribution in [0.2, 0.25) is 0 Å². The molecule has 2 rings (SSSR count). The number of ether oxygens (including phenoxy) is 1. The van der Waals surface area contributed by atoms with Gasteiger partial charge in [-0.05, 0) is 12.8 Å². The van der Waals surface area contributed by atoms with Gasteiger partial charge in [-0.25, -0.2) is 4.79 Å². The summed E-state index contributed by atoms with van der Waals surface area (Å²) >= 11 is 1.99. The van der Waals surface area contributed by atoms with Crippen molar-refractivity contribution in [3.8, 4) is 0 Å². The zero-order chi connectivity index (χ0) is 10.7. The first kappa shape index (κ1) is 11.2. The van der Waals surface area contributed by atoms with Crippen molar-refractivity contribution < 1.29 is 14.6 Å². The molecule has 2 aliphatic heterocycles. The highest BCUT2D eigenvalue weighted by molar-refractivity contribution is 7.99. The summed E-state index contributed by atoms with van der Waals surface area (Å²) in [5.41, 5.74) is 0. The second-order valence-corrected chi connectivity index (χ2v) is 5.30. The highest BCUT2D eigenvalue weighted by Gasteiger charge is 2.31. The minimum absolute atomic E-state index is 0.134. The van der Waals surface area contributed by atoms with E-state index in [0.717, 1.165) is 26.1 Å². The molecule has 2 saturated heterocycles. The summed E-state index contributed by atoms with van der Waals surface area (Å²) in [6.45, 7) is 3.13. The largest absolute Gasteiger partial charge is 0.479 e. The van der Waals surface area contributed by atoms with Gasteiger partial charge in [-0.15, -0.1) is 0 Å². The Morgan fingerprint density at radius 2 is 2.13 bits per heavy atom. The molecule has 0 spiro atoms. The Morgan fingerprint density at radius 3 is 2.73 bits per heavy atom. The second-order valence-electron chi connectivity index (χ2n) is 4.08. The molecule has 86 valence electrons. The number of thioether (sulfide) groups is 1. The Balaban J connectivity index is 1.74. The van der Waals surface area contributed by atoms with Gasteiger partial charge in [0, 0.05) is 31.1 Å². The zero-order valence-electron chi connectivity index (χ0n) is 8.72. The summed E-state index contributed by atoms with van der Waals surface area (Å²) in [7, 11) is 0. The number of carboxylic acid groups (broad SMARTS) is 1. The normalized spacial score (nSPS) is 33.1. The van der Waals surface area contributed by atoms with Gasteiger partial charge in [0.05, 0.1) is 6.10 Å². The van der Waals surface area contributed by atoms with Gasteiger partial charge < -0.3 is 9.84 Å². The van der Waals surface area contributed by atoms with Crippen molar-refractivity contribution in [3.05, 3.63) is 0 Å². The lowest BCUT2D eigenvalue weighted by molar-refractivity contribution is -0.149. The highest BCUT2D eigenvalue weighted by Crippen LogP contribution is 2.21. The van der Waals surface area contributed by atoms with Crippen molar-refractivity contribution in [2.45, 2.75) is 25.0 Å². The molecule has 0 aliphatic carbocycles. The molecule has 15 heavy (non-hydrogen) atoms. The van der Waals surface area contributed by atoms with Gasteiger partial charge in [-0.3, -0.25) is 4.90 Å². The summed E-state index contributed by atoms with van der Waals surface area (Å²) in [5, 5.41) is 8.79. The van der Waals surface area contributed by atoms with Crippen molar-refractivity contribution in [2.24, 2.45) is 0 Å². The molecule has 0 bridgehead atoms. The average molecular weight is 231 g/mol. The molecular formula is C10H17NO3S. The zero-order valence-corrected chi connectivity index (χ0v) is 9.54. The lowest BCUT2D eigenvalue weighted by Crippen LogP contribution is -2.38. The minimum Gasteiger partial charge on any atom is -0.479 e. The number of carboxylic acids is 1. The number of aliphatic carboxylic acids is 1. The first-order chi connectivity index (χ1) is 7.25. The molecule has 0 amide bonds. The van der Waals surface area contributed by atoms with Gasteiger partial charge in [0.25, 0.3) is 0 Å². The fourth-order valence-corrected chi connectivity index (χ4v) is 3.07. The fraction of sp³-hybridized carbons (Fsp3) is 0.900. The van der Waals surface area contributed by atoms with Crippen LogP contribution in [0.4, 0.5) is 0 Å². The number of nitrogens with zero attached hydrogens (tertiary/aromatic N) is 1. The molecule has 0 radical (unpaired) electrons. The Labute approximate surface area is 94.0 Å². The maximum atomic E-state index is 10.7. The molecule has 2 unspecified atom stereocenters. The minimum atomic E-state index is -0.813. The van der Waals surface area contributed by atoms with Crippen molar-refractivity contribution in [1.82, 2.24) is 4.90 Å². The third-order valence-corrected chi connectivity index (χ3v) is 3.89. The number of hydrogen-bond acceptors (Lipinski definition) is 4. The van der Waals surface area contributed by atoms with Crippen molar-refractivity contribution in [3.63, 3.8) is 0 Å². The van der Waals surface area contributed by atoms with Gasteiger partial charge >= 0.3 is 5.97 Å². The van der Waals surface area contributed by atoms with Crippen molar-refractivity contribution in [1.29, 1.82) is 0 Å². The summed E-state index contributed by atoms with van der Waals surface area (Å²) in [6.07, 6.45) is 1.13. The average Bonchev–Trinajstić information content (AvgIpc) is 2.68. The van der Waals surface area contributed by atoms with Crippen LogP contribution in [0.3, 0.4) is 0 Å². The van der Waals surface area contributed by atoms with E-state index < -0.39 is 12.1 Å². The van der Waals surface area contributed by atoms with E-state index in [1.54, 1.807) is 0 Å². The predicted octanol–water partition coefficient (Wildman–Crippen LogP) is 0.667. The topological polar surface area (TPSA) is 49.8 Å². The van der Waals surface area contributed by atoms with Crippen LogP contribution in [0.5, 0.6) is 0 Å². The number of rotatable bonds is 3. The standard InChI is InChI=1S/C10H17NO3S/c12-10(13)9-2-1-8(14-9)7-11-3-5-15-6-4-11/h8-9H,1-7H2,(H,12,13). The van der Waals surface area contributed by atoms with Crippen LogP contribution in [-0.2, 0) is 9.53 Å². The van der Waals surface area contributed by atoms with E-state index in [1.165, 1.54) is 11.5 Å². The van der Waals surface area contributed by atoms with Crippen LogP contribution in [0.25, 0.3) is 0 Å². The molecule has 2 heterocycles. The van der Waals surface area contributed by atoms with Gasteiger partial charge in [-0.1, -0.05) is 0 Å². The van der Waals surface area contributed by atoms with Crippen molar-refractivity contribution in [2.75, 3.05) is 31.1 Å². The van der Waals surface area contributed by atoms with E-state index in [2.05, 4.69) is 4.90 Å². The lowest BCUT2D eigenvalue weighted by atomic mass is 10.2. The molecule has 0 aromatic heterocycles. The molecule has 1 N–H and O–H groups in total. The van der Waals surface area contributed by atoms with Crippen LogP contribution in [0, 0.1) is 0 Å². The maximum Gasteiger partial charge on any atom is 0.332 e. The first-order valence-electron chi connectivity index (χ1n) is 5.44. The Kier molecular flexibility index (Phi) is 3.88. The smallest absolute Gasteiger partial charge is 0.332 e. The Bertz CT molecular complexity index is 231. The molecule has 2 fully saturated rings. The van der Waals surface area contributed by atoms with E-state index in [9.17, 15) is 4.79 Å². The lowest BCUT2D eigenvalue weighted by Gasteiger charge is -2.28. The van der Waals surface area contributed by atoms with E-state index in [1.807, 2.05) is 11.8 Å². The molecule has 0 aromatic rings. The maximum absolute atomic E-state index is 10.7. The molecular weight excluding hydrogens is 214 g/mol. The van der Waals surface area contributed by atoms with Crippen LogP contribution < -0.4 is 0 Å². The van der Waals surface area contributed by atoms with Gasteiger partial charge in [0.1, 0.15) is 0 Å². The molecule has 5 heteroatoms. The highest BCUT2D eigenvalue weighted by atomic mass is 32.2. The fourth-order valence-electron chi connectivity index (χ4n) is 2.09. The summed E-state index contributed by atoms with van der Waals surface area (Å²) < 4.78 is 5.48. The third-order valence-electron chi connectivity index (χ3n) is 2.95. The molecule has 2 atom stereocenters. The van der Waals surface area contributed by atoms with Gasteiger partial charge in [-0.2, -0.15) is 11.8 Å². The van der Waals surface area contributed by atoms with Gasteiger partial charge in [0.2, 0.25) is 0 Å². The SMILES string of the molecule is O=C(O)C1CCC(CN2CCSCC2)O1. The number of carbonyl (C=O) groups is 1. The Morgan fingerprint density at radius 1 is 1.40 bits per heavy atom. The molecule has 0 aromatic carbocycles. The monoisotopic (exact) mass is 231 g/mol. The van der Waals surface area contributed by atoms with Crippen LogP contribution in [-0.4, -0.2) is 59.3 Å². The van der Waals surface area contributed by atoms with Gasteiger partial charge in [0.15, 0.2) is 6.10 Å². The molecule has 0 saturated carbocycles. The van der Waals surface area contributed by atoms with Crippen LogP contribution >= 0.6 is 11.8 Å². The quantitative estimate of drug-likeness (QED) is 0.773. The Hall–Kier alpha value is -0.260. The van der Waals surface area contributed by atoms with Crippen molar-refractivity contribution >= 4 is 17.7 Å². The number of hydrogen-bond donors (Lipinski definition) is 1. The van der Waals surface area contributed by atoms with E-state index >= 15 is 0 Å². The summed E-state index contributed by atoms with van der Waals surface area (Å²) in [4.78, 5) is 13.1. The third kappa shape index (κ3) is 3.09. The van der Waals surface area contributed by atoms with Crippen LogP contribution in [0.15, 0.2) is 0 Å². The summed E-state index contributed by atoms with van der Waals surface area (Å²) in [6, 6.07) is 0. The van der Waals surface area contributed by atoms with E-state index in [4.69, 9.17) is 9.84 Å². The second kappa shape index (κ2) is 5.18.